The number of nitrogens with one attached hydrogen (secondary N) is 2. The molecule has 1 aromatic carbocycles. The van der Waals surface area contributed by atoms with Crippen molar-refractivity contribution in [3.63, 3.8) is 0 Å². The van der Waals surface area contributed by atoms with E-state index < -0.39 is 10.0 Å². The maximum atomic E-state index is 13.1. The first-order valence-electron chi connectivity index (χ1n) is 10.2. The molecule has 1 aromatic heterocycles. The van der Waals surface area contributed by atoms with Gasteiger partial charge in [0, 0.05) is 37.6 Å². The molecule has 1 saturated heterocycles. The van der Waals surface area contributed by atoms with Crippen LogP contribution in [0.1, 0.15) is 18.5 Å². The monoisotopic (exact) mass is 466 g/mol. The number of thiazole rings is 1. The average Bonchev–Trinajstić information content (AvgIpc) is 3.39. The van der Waals surface area contributed by atoms with Crippen molar-refractivity contribution in [2.45, 2.75) is 24.0 Å². The predicted molar refractivity (Wildman–Crippen MR) is 126 cm³/mol. The SMILES string of the molecule is CNS(=O)(=O)c1sc(N(CCN(C)C)C(=O)Nc2ccc(N3CCCC3)cc2)nc1C. The van der Waals surface area contributed by atoms with Crippen LogP contribution in [0.3, 0.4) is 0 Å². The molecular formula is C20H30N6O3S2. The van der Waals surface area contributed by atoms with Crippen LogP contribution in [-0.4, -0.2) is 71.7 Å². The zero-order valence-electron chi connectivity index (χ0n) is 18.4. The lowest BCUT2D eigenvalue weighted by Crippen LogP contribution is -2.39. The summed E-state index contributed by atoms with van der Waals surface area (Å²) in [4.78, 5) is 23.2. The van der Waals surface area contributed by atoms with Gasteiger partial charge in [-0.25, -0.2) is 22.9 Å². The fourth-order valence-corrected chi connectivity index (χ4v) is 5.69. The van der Waals surface area contributed by atoms with Gasteiger partial charge in [-0.2, -0.15) is 0 Å². The summed E-state index contributed by atoms with van der Waals surface area (Å²) in [5.41, 5.74) is 2.20. The minimum absolute atomic E-state index is 0.114. The molecule has 0 aliphatic carbocycles. The van der Waals surface area contributed by atoms with Crippen LogP contribution in [-0.2, 0) is 10.0 Å². The molecule has 0 bridgehead atoms. The highest BCUT2D eigenvalue weighted by Crippen LogP contribution is 2.30. The average molecular weight is 467 g/mol. The van der Waals surface area contributed by atoms with Gasteiger partial charge < -0.3 is 15.1 Å². The number of anilines is 3. The molecule has 1 fully saturated rings. The molecule has 31 heavy (non-hydrogen) atoms. The summed E-state index contributed by atoms with van der Waals surface area (Å²) in [6, 6.07) is 7.45. The Balaban J connectivity index is 1.80. The van der Waals surface area contributed by atoms with Crippen LogP contribution in [0.2, 0.25) is 0 Å². The quantitative estimate of drug-likeness (QED) is 0.621. The number of urea groups is 1. The Labute approximate surface area is 188 Å². The van der Waals surface area contributed by atoms with Gasteiger partial charge in [-0.1, -0.05) is 11.3 Å². The maximum absolute atomic E-state index is 13.1. The molecule has 1 aliphatic heterocycles. The number of hydrogen-bond acceptors (Lipinski definition) is 7. The molecule has 0 atom stereocenters. The number of carbonyl (C=O) groups excluding carboxylic acids is 1. The van der Waals surface area contributed by atoms with Crippen LogP contribution in [0.15, 0.2) is 28.5 Å². The Morgan fingerprint density at radius 3 is 2.39 bits per heavy atom. The van der Waals surface area contributed by atoms with Gasteiger partial charge in [-0.15, -0.1) is 0 Å². The highest BCUT2D eigenvalue weighted by molar-refractivity contribution is 7.91. The fraction of sp³-hybridized carbons (Fsp3) is 0.500. The predicted octanol–water partition coefficient (Wildman–Crippen LogP) is 2.56. The number of nitrogens with zero attached hydrogens (tertiary/aromatic N) is 4. The molecule has 3 rings (SSSR count). The van der Waals surface area contributed by atoms with Crippen LogP contribution >= 0.6 is 11.3 Å². The third kappa shape index (κ3) is 5.73. The molecule has 2 amide bonds. The van der Waals surface area contributed by atoms with E-state index in [2.05, 4.69) is 19.9 Å². The van der Waals surface area contributed by atoms with Crippen LogP contribution in [0.4, 0.5) is 21.3 Å². The molecule has 0 unspecified atom stereocenters. The van der Waals surface area contributed by atoms with Gasteiger partial charge >= 0.3 is 6.03 Å². The van der Waals surface area contributed by atoms with Gasteiger partial charge in [0.1, 0.15) is 0 Å². The first-order chi connectivity index (χ1) is 14.7. The van der Waals surface area contributed by atoms with Crippen LogP contribution < -0.4 is 19.8 Å². The number of aryl methyl sites for hydroxylation is 1. The van der Waals surface area contributed by atoms with Crippen molar-refractivity contribution in [2.24, 2.45) is 0 Å². The smallest absolute Gasteiger partial charge is 0.328 e. The Bertz CT molecular complexity index is 998. The topological polar surface area (TPSA) is 97.9 Å². The zero-order valence-corrected chi connectivity index (χ0v) is 20.0. The molecule has 2 heterocycles. The second-order valence-corrected chi connectivity index (χ2v) is 10.8. The van der Waals surface area contributed by atoms with Gasteiger partial charge in [0.2, 0.25) is 0 Å². The number of aromatic nitrogens is 1. The molecule has 2 aromatic rings. The molecule has 2 N–H and O–H groups in total. The molecule has 0 spiro atoms. The molecule has 170 valence electrons. The lowest BCUT2D eigenvalue weighted by molar-refractivity contribution is 0.256. The number of carbonyl (C=O) groups is 1. The van der Waals surface area contributed by atoms with Gasteiger partial charge in [-0.05, 0) is 65.2 Å². The van der Waals surface area contributed by atoms with Gasteiger partial charge in [0.15, 0.2) is 9.34 Å². The van der Waals surface area contributed by atoms with Gasteiger partial charge in [0.25, 0.3) is 10.0 Å². The van der Waals surface area contributed by atoms with Crippen LogP contribution in [0, 0.1) is 6.92 Å². The van der Waals surface area contributed by atoms with Gasteiger partial charge in [-0.3, -0.25) is 4.90 Å². The molecule has 9 nitrogen and oxygen atoms in total. The molecule has 0 saturated carbocycles. The van der Waals surface area contributed by atoms with Crippen molar-refractivity contribution in [1.82, 2.24) is 14.6 Å². The maximum Gasteiger partial charge on any atom is 0.328 e. The lowest BCUT2D eigenvalue weighted by Gasteiger charge is -2.23. The van der Waals surface area contributed by atoms with E-state index in [0.29, 0.717) is 29.6 Å². The molecule has 11 heteroatoms. The third-order valence-electron chi connectivity index (χ3n) is 5.09. The second kappa shape index (κ2) is 9.94. The second-order valence-electron chi connectivity index (χ2n) is 7.70. The molecule has 0 radical (unpaired) electrons. The lowest BCUT2D eigenvalue weighted by atomic mass is 10.2. The number of hydrogen-bond donors (Lipinski definition) is 2. The summed E-state index contributed by atoms with van der Waals surface area (Å²) in [6.07, 6.45) is 2.41. The minimum atomic E-state index is -3.64. The number of benzene rings is 1. The van der Waals surface area contributed by atoms with E-state index in [4.69, 9.17) is 0 Å². The molecular weight excluding hydrogens is 436 g/mol. The number of sulfonamides is 1. The van der Waals surface area contributed by atoms with Crippen molar-refractivity contribution < 1.29 is 13.2 Å². The Morgan fingerprint density at radius 1 is 1.16 bits per heavy atom. The van der Waals surface area contributed by atoms with E-state index >= 15 is 0 Å². The number of amides is 2. The molecule has 1 aliphatic rings. The summed E-state index contributed by atoms with van der Waals surface area (Å²) >= 11 is 0.987. The summed E-state index contributed by atoms with van der Waals surface area (Å²) in [5.74, 6) is 0. The minimum Gasteiger partial charge on any atom is -0.372 e. The number of rotatable bonds is 8. The normalized spacial score (nSPS) is 14.3. The Morgan fingerprint density at radius 2 is 1.81 bits per heavy atom. The van der Waals surface area contributed by atoms with Crippen molar-refractivity contribution in [3.05, 3.63) is 30.0 Å². The number of likely N-dealkylation sites (N-methyl/N-ethyl adjacent to an activating group) is 1. The highest BCUT2D eigenvalue weighted by Gasteiger charge is 2.26. The van der Waals surface area contributed by atoms with E-state index in [1.807, 2.05) is 43.3 Å². The van der Waals surface area contributed by atoms with Crippen LogP contribution in [0.25, 0.3) is 0 Å². The Kier molecular flexibility index (Phi) is 7.52. The largest absolute Gasteiger partial charge is 0.372 e. The van der Waals surface area contributed by atoms with Crippen molar-refractivity contribution in [3.8, 4) is 0 Å². The first kappa shape index (κ1) is 23.5. The van der Waals surface area contributed by atoms with Crippen molar-refractivity contribution in [1.29, 1.82) is 0 Å². The van der Waals surface area contributed by atoms with Crippen molar-refractivity contribution in [2.75, 3.05) is 62.4 Å². The van der Waals surface area contributed by atoms with Crippen LogP contribution in [0.5, 0.6) is 0 Å². The fourth-order valence-electron chi connectivity index (χ4n) is 3.33. The standard InChI is InChI=1S/C20H30N6O3S2/c1-15-18(31(28,29)21-2)30-20(22-15)26(14-13-24(3)4)19(27)23-16-7-9-17(10-8-16)25-11-5-6-12-25/h7-10,21H,5-6,11-14H2,1-4H3,(H,23,27). The first-order valence-corrected chi connectivity index (χ1v) is 12.5. The van der Waals surface area contributed by atoms with Crippen molar-refractivity contribution >= 4 is 43.9 Å². The summed E-state index contributed by atoms with van der Waals surface area (Å²) in [6.45, 7) is 4.73. The van der Waals surface area contributed by atoms with Gasteiger partial charge in [0.05, 0.1) is 5.69 Å². The van der Waals surface area contributed by atoms with E-state index in [0.717, 1.165) is 30.1 Å². The zero-order chi connectivity index (χ0) is 22.6. The van der Waals surface area contributed by atoms with E-state index in [1.165, 1.54) is 24.8 Å². The summed E-state index contributed by atoms with van der Waals surface area (Å²) < 4.78 is 26.9. The summed E-state index contributed by atoms with van der Waals surface area (Å²) in [7, 11) is 1.55. The third-order valence-corrected chi connectivity index (χ3v) is 8.30. The van der Waals surface area contributed by atoms with E-state index in [-0.39, 0.29) is 10.2 Å². The van der Waals surface area contributed by atoms with E-state index in [1.54, 1.807) is 6.92 Å². The highest BCUT2D eigenvalue weighted by atomic mass is 32.2. The Hall–Kier alpha value is -2.21. The van der Waals surface area contributed by atoms with E-state index in [9.17, 15) is 13.2 Å². The summed E-state index contributed by atoms with van der Waals surface area (Å²) in [5, 5.41) is 3.26.